The van der Waals surface area contributed by atoms with Gasteiger partial charge in [-0.25, -0.2) is 0 Å². The van der Waals surface area contributed by atoms with Crippen molar-refractivity contribution in [2.24, 2.45) is 0 Å². The second-order valence-corrected chi connectivity index (χ2v) is 3.98. The van der Waals surface area contributed by atoms with Crippen LogP contribution in [0, 0.1) is 0 Å². The maximum atomic E-state index is 5.31. The molecule has 0 atom stereocenters. The lowest BCUT2D eigenvalue weighted by Crippen LogP contribution is -2.41. The van der Waals surface area contributed by atoms with Gasteiger partial charge in [0.25, 0.3) is 0 Å². The Morgan fingerprint density at radius 1 is 1.57 bits per heavy atom. The van der Waals surface area contributed by atoms with Gasteiger partial charge in [-0.3, -0.25) is 0 Å². The summed E-state index contributed by atoms with van der Waals surface area (Å²) >= 11 is 5.31. The van der Waals surface area contributed by atoms with E-state index in [0.29, 0.717) is 6.04 Å². The molecule has 14 heavy (non-hydrogen) atoms. The number of hydrogen-bond donors (Lipinski definition) is 1. The first-order valence-electron chi connectivity index (χ1n) is 5.33. The zero-order chi connectivity index (χ0) is 10.4. The van der Waals surface area contributed by atoms with Gasteiger partial charge in [0.2, 0.25) is 0 Å². The first-order valence-corrected chi connectivity index (χ1v) is 5.73. The standard InChI is InChI=1S/C10H20N2OS/c1-3-12(9-5-6-9)10(14)11-7-4-8-13-2/h9H,3-8H2,1-2H3,(H,11,14). The molecule has 0 bridgehead atoms. The van der Waals surface area contributed by atoms with E-state index in [4.69, 9.17) is 17.0 Å². The van der Waals surface area contributed by atoms with E-state index in [-0.39, 0.29) is 0 Å². The molecule has 4 heteroatoms. The topological polar surface area (TPSA) is 24.5 Å². The van der Waals surface area contributed by atoms with Crippen LogP contribution in [0.3, 0.4) is 0 Å². The van der Waals surface area contributed by atoms with E-state index in [9.17, 15) is 0 Å². The summed E-state index contributed by atoms with van der Waals surface area (Å²) in [6.45, 7) is 4.88. The Balaban J connectivity index is 2.12. The van der Waals surface area contributed by atoms with Gasteiger partial charge in [0.15, 0.2) is 5.11 Å². The van der Waals surface area contributed by atoms with Crippen LogP contribution >= 0.6 is 12.2 Å². The molecule has 1 rings (SSSR count). The van der Waals surface area contributed by atoms with Crippen molar-refractivity contribution in [2.75, 3.05) is 26.8 Å². The first-order chi connectivity index (χ1) is 6.79. The lowest BCUT2D eigenvalue weighted by atomic mass is 10.4. The Labute approximate surface area is 91.8 Å². The van der Waals surface area contributed by atoms with Crippen LogP contribution in [0.15, 0.2) is 0 Å². The minimum Gasteiger partial charge on any atom is -0.385 e. The van der Waals surface area contributed by atoms with Crippen molar-refractivity contribution in [3.63, 3.8) is 0 Å². The minimum absolute atomic E-state index is 0.711. The van der Waals surface area contributed by atoms with E-state index in [1.807, 2.05) is 0 Å². The van der Waals surface area contributed by atoms with Gasteiger partial charge in [-0.15, -0.1) is 0 Å². The van der Waals surface area contributed by atoms with E-state index in [1.165, 1.54) is 12.8 Å². The van der Waals surface area contributed by atoms with Crippen molar-refractivity contribution in [3.05, 3.63) is 0 Å². The maximum Gasteiger partial charge on any atom is 0.169 e. The summed E-state index contributed by atoms with van der Waals surface area (Å²) in [4.78, 5) is 2.28. The third kappa shape index (κ3) is 3.80. The number of nitrogens with zero attached hydrogens (tertiary/aromatic N) is 1. The SMILES string of the molecule is CCN(C(=S)NCCCOC)C1CC1. The smallest absolute Gasteiger partial charge is 0.169 e. The third-order valence-electron chi connectivity index (χ3n) is 2.39. The summed E-state index contributed by atoms with van der Waals surface area (Å²) in [5.74, 6) is 0. The average molecular weight is 216 g/mol. The molecule has 1 N–H and O–H groups in total. The summed E-state index contributed by atoms with van der Waals surface area (Å²) in [5.41, 5.74) is 0. The molecule has 1 saturated carbocycles. The normalized spacial score (nSPS) is 15.3. The number of hydrogen-bond acceptors (Lipinski definition) is 2. The molecule has 0 heterocycles. The minimum atomic E-state index is 0.711. The largest absolute Gasteiger partial charge is 0.385 e. The Kier molecular flexibility index (Phi) is 5.19. The van der Waals surface area contributed by atoms with E-state index in [0.717, 1.165) is 31.2 Å². The lowest BCUT2D eigenvalue weighted by Gasteiger charge is -2.23. The van der Waals surface area contributed by atoms with Gasteiger partial charge in [-0.2, -0.15) is 0 Å². The number of rotatable bonds is 6. The molecule has 1 aliphatic rings. The van der Waals surface area contributed by atoms with Gasteiger partial charge in [0.1, 0.15) is 0 Å². The molecular weight excluding hydrogens is 196 g/mol. The molecule has 0 amide bonds. The van der Waals surface area contributed by atoms with Crippen LogP contribution in [0.4, 0.5) is 0 Å². The van der Waals surface area contributed by atoms with Crippen molar-refractivity contribution < 1.29 is 4.74 Å². The first kappa shape index (κ1) is 11.7. The number of thiocarbonyl (C=S) groups is 1. The highest BCUT2D eigenvalue weighted by molar-refractivity contribution is 7.80. The van der Waals surface area contributed by atoms with Crippen molar-refractivity contribution >= 4 is 17.3 Å². The van der Waals surface area contributed by atoms with E-state index >= 15 is 0 Å². The molecular formula is C10H20N2OS. The number of ether oxygens (including phenoxy) is 1. The molecule has 1 aliphatic carbocycles. The van der Waals surface area contributed by atoms with Crippen LogP contribution in [0.25, 0.3) is 0 Å². The van der Waals surface area contributed by atoms with Crippen LogP contribution in [-0.2, 0) is 4.74 Å². The molecule has 3 nitrogen and oxygen atoms in total. The molecule has 0 radical (unpaired) electrons. The highest BCUT2D eigenvalue weighted by atomic mass is 32.1. The average Bonchev–Trinajstić information content (AvgIpc) is 2.98. The van der Waals surface area contributed by atoms with Gasteiger partial charge < -0.3 is 15.0 Å². The Bertz CT molecular complexity index is 183. The fraction of sp³-hybridized carbons (Fsp3) is 0.900. The lowest BCUT2D eigenvalue weighted by molar-refractivity contribution is 0.195. The van der Waals surface area contributed by atoms with E-state index in [1.54, 1.807) is 7.11 Å². The van der Waals surface area contributed by atoms with Gasteiger partial charge in [-0.05, 0) is 38.4 Å². The van der Waals surface area contributed by atoms with Gasteiger partial charge in [0.05, 0.1) is 0 Å². The fourth-order valence-electron chi connectivity index (χ4n) is 1.47. The molecule has 82 valence electrons. The molecule has 1 fully saturated rings. The zero-order valence-corrected chi connectivity index (χ0v) is 9.90. The number of nitrogens with one attached hydrogen (secondary N) is 1. The summed E-state index contributed by atoms with van der Waals surface area (Å²) < 4.78 is 4.97. The highest BCUT2D eigenvalue weighted by Gasteiger charge is 2.29. The molecule has 0 saturated heterocycles. The summed E-state index contributed by atoms with van der Waals surface area (Å²) in [5, 5.41) is 4.18. The van der Waals surface area contributed by atoms with Crippen LogP contribution in [0.1, 0.15) is 26.2 Å². The Morgan fingerprint density at radius 2 is 2.29 bits per heavy atom. The van der Waals surface area contributed by atoms with Crippen molar-refractivity contribution in [1.82, 2.24) is 10.2 Å². The molecule has 0 aromatic rings. The maximum absolute atomic E-state index is 5.31. The molecule has 0 aromatic heterocycles. The zero-order valence-electron chi connectivity index (χ0n) is 9.08. The molecule has 0 aromatic carbocycles. The van der Waals surface area contributed by atoms with Crippen molar-refractivity contribution in [1.29, 1.82) is 0 Å². The second kappa shape index (κ2) is 6.19. The summed E-state index contributed by atoms with van der Waals surface area (Å²) in [7, 11) is 1.72. The monoisotopic (exact) mass is 216 g/mol. The highest BCUT2D eigenvalue weighted by Crippen LogP contribution is 2.26. The van der Waals surface area contributed by atoms with Gasteiger partial charge in [-0.1, -0.05) is 0 Å². The van der Waals surface area contributed by atoms with Crippen LogP contribution in [0.2, 0.25) is 0 Å². The molecule has 0 aliphatic heterocycles. The van der Waals surface area contributed by atoms with Gasteiger partial charge in [0, 0.05) is 32.8 Å². The van der Waals surface area contributed by atoms with Crippen LogP contribution in [-0.4, -0.2) is 42.9 Å². The Hall–Kier alpha value is -0.350. The van der Waals surface area contributed by atoms with Crippen LogP contribution < -0.4 is 5.32 Å². The summed E-state index contributed by atoms with van der Waals surface area (Å²) in [6.07, 6.45) is 3.61. The van der Waals surface area contributed by atoms with Crippen LogP contribution in [0.5, 0.6) is 0 Å². The second-order valence-electron chi connectivity index (χ2n) is 3.60. The number of methoxy groups -OCH3 is 1. The Morgan fingerprint density at radius 3 is 2.79 bits per heavy atom. The fourth-order valence-corrected chi connectivity index (χ4v) is 1.85. The quantitative estimate of drug-likeness (QED) is 0.535. The predicted molar refractivity (Wildman–Crippen MR) is 62.5 cm³/mol. The van der Waals surface area contributed by atoms with Crippen molar-refractivity contribution in [2.45, 2.75) is 32.2 Å². The van der Waals surface area contributed by atoms with E-state index < -0.39 is 0 Å². The van der Waals surface area contributed by atoms with Crippen molar-refractivity contribution in [3.8, 4) is 0 Å². The summed E-state index contributed by atoms with van der Waals surface area (Å²) in [6, 6.07) is 0.711. The molecule has 0 unspecified atom stereocenters. The predicted octanol–water partition coefficient (Wildman–Crippen LogP) is 1.38. The van der Waals surface area contributed by atoms with Gasteiger partial charge >= 0.3 is 0 Å². The van der Waals surface area contributed by atoms with E-state index in [2.05, 4.69) is 17.1 Å². The molecule has 0 spiro atoms. The third-order valence-corrected chi connectivity index (χ3v) is 2.77.